The number of ether oxygens (including phenoxy) is 5. The number of rotatable bonds is 32. The predicted octanol–water partition coefficient (Wildman–Crippen LogP) is 5.69. The normalized spacial score (nSPS) is 17.2. The minimum Gasteiger partial charge on any atom is -0.491 e. The third kappa shape index (κ3) is 18.3. The van der Waals surface area contributed by atoms with Gasteiger partial charge in [-0.15, -0.1) is 11.3 Å². The van der Waals surface area contributed by atoms with Crippen molar-refractivity contribution >= 4 is 35.0 Å². The predicted molar refractivity (Wildman–Crippen MR) is 248 cm³/mol. The van der Waals surface area contributed by atoms with E-state index in [0.29, 0.717) is 82.8 Å². The van der Waals surface area contributed by atoms with Crippen molar-refractivity contribution in [1.29, 1.82) is 0 Å². The fourth-order valence-corrected chi connectivity index (χ4v) is 8.52. The summed E-state index contributed by atoms with van der Waals surface area (Å²) in [5.41, 5.74) is 6.52. The number of likely N-dealkylation sites (tertiary alicyclic amines) is 1. The highest BCUT2D eigenvalue weighted by molar-refractivity contribution is 7.09. The van der Waals surface area contributed by atoms with E-state index in [0.717, 1.165) is 37.8 Å². The highest BCUT2D eigenvalue weighted by Gasteiger charge is 2.38. The van der Waals surface area contributed by atoms with Gasteiger partial charge in [0.1, 0.15) is 41.9 Å². The first-order valence-corrected chi connectivity index (χ1v) is 24.2. The molecule has 2 aromatic rings. The van der Waals surface area contributed by atoms with Crippen molar-refractivity contribution in [2.75, 3.05) is 73.1 Å². The Morgan fingerprint density at radius 2 is 1.64 bits per heavy atom. The van der Waals surface area contributed by atoms with Gasteiger partial charge in [0.2, 0.25) is 11.8 Å². The molecule has 1 aliphatic heterocycles. The summed E-state index contributed by atoms with van der Waals surface area (Å²) in [5.74, 6) is -1.89. The molecule has 0 radical (unpaired) electrons. The van der Waals surface area contributed by atoms with Crippen LogP contribution in [0.15, 0.2) is 29.6 Å². The van der Waals surface area contributed by atoms with Crippen LogP contribution in [-0.2, 0) is 39.8 Å². The zero-order valence-corrected chi connectivity index (χ0v) is 40.5. The summed E-state index contributed by atoms with van der Waals surface area (Å²) in [6, 6.07) is 5.59. The van der Waals surface area contributed by atoms with Gasteiger partial charge >= 0.3 is 5.97 Å². The monoisotopic (exact) mass is 919 g/mol. The molecular weight excluding hydrogens is 841 g/mol. The second-order valence-electron chi connectivity index (χ2n) is 17.1. The number of nitrogens with two attached hydrogens (primary N) is 1. The van der Waals surface area contributed by atoms with Crippen LogP contribution in [0.3, 0.4) is 0 Å². The molecule has 1 fully saturated rings. The number of piperidine rings is 1. The Morgan fingerprint density at radius 3 is 2.27 bits per heavy atom. The lowest BCUT2D eigenvalue weighted by Crippen LogP contribution is -2.59. The fourth-order valence-electron chi connectivity index (χ4n) is 7.66. The van der Waals surface area contributed by atoms with Crippen molar-refractivity contribution in [3.05, 3.63) is 45.9 Å². The molecule has 1 aromatic heterocycles. The van der Waals surface area contributed by atoms with E-state index >= 15 is 0 Å². The highest BCUT2D eigenvalue weighted by Crippen LogP contribution is 2.32. The van der Waals surface area contributed by atoms with E-state index < -0.39 is 36.0 Å². The number of thiazole rings is 1. The molecule has 0 spiro atoms. The molecule has 1 saturated heterocycles. The van der Waals surface area contributed by atoms with Gasteiger partial charge in [-0.2, -0.15) is 0 Å². The number of benzene rings is 1. The molecule has 1 aliphatic rings. The Bertz CT molecular complexity index is 1660. The first kappa shape index (κ1) is 54.6. The van der Waals surface area contributed by atoms with Crippen LogP contribution >= 0.6 is 11.3 Å². The molecule has 1 aromatic carbocycles. The lowest BCUT2D eigenvalue weighted by atomic mass is 9.92. The van der Waals surface area contributed by atoms with E-state index in [9.17, 15) is 24.3 Å². The Kier molecular flexibility index (Phi) is 25.4. The standard InChI is InChI=1S/C47H78N6O10S/c1-9-21-63-41(29-40(32(4)5)53(31-59-11-3)46(56)42(33(6)10-2)51-44(55)39-14-12-13-20-52(39)8)45-50-38(30-64-45)43(54)49-36(27-34(7)47(57)58)28-35-15-17-37(18-16-35)62-26-25-61-24-23-60-22-19-48/h15-18,30,32-34,36,39-42H,9-14,19-29,31,48H2,1-8H3,(H,49,54)(H,51,55)(H,57,58)/t33-,34-,36+,39+,40+,41+,42-/m0/s1. The average molecular weight is 919 g/mol. The number of aliphatic carboxylic acids is 1. The molecule has 5 N–H and O–H groups in total. The number of aromatic nitrogens is 1. The molecule has 3 amide bonds. The van der Waals surface area contributed by atoms with Crippen LogP contribution in [-0.4, -0.2) is 141 Å². The largest absolute Gasteiger partial charge is 0.491 e. The van der Waals surface area contributed by atoms with Gasteiger partial charge in [-0.3, -0.25) is 24.1 Å². The summed E-state index contributed by atoms with van der Waals surface area (Å²) in [6.45, 7) is 18.0. The molecule has 0 bridgehead atoms. The van der Waals surface area contributed by atoms with E-state index in [1.54, 1.807) is 17.2 Å². The van der Waals surface area contributed by atoms with Crippen LogP contribution in [0, 0.1) is 17.8 Å². The van der Waals surface area contributed by atoms with Gasteiger partial charge in [0.05, 0.1) is 38.4 Å². The molecule has 16 nitrogen and oxygen atoms in total. The van der Waals surface area contributed by atoms with Gasteiger partial charge in [-0.25, -0.2) is 4.98 Å². The van der Waals surface area contributed by atoms with Crippen molar-refractivity contribution in [1.82, 2.24) is 25.4 Å². The highest BCUT2D eigenvalue weighted by atomic mass is 32.1. The lowest BCUT2D eigenvalue weighted by molar-refractivity contribution is -0.149. The van der Waals surface area contributed by atoms with E-state index in [1.165, 1.54) is 11.3 Å². The smallest absolute Gasteiger partial charge is 0.306 e. The first-order valence-electron chi connectivity index (χ1n) is 23.3. The number of carbonyl (C=O) groups is 4. The summed E-state index contributed by atoms with van der Waals surface area (Å²) in [6.07, 6.45) is 4.64. The number of carbonyl (C=O) groups excluding carboxylic acids is 3. The zero-order chi connectivity index (χ0) is 47.0. The molecular formula is C47H78N6O10S. The number of hydrogen-bond donors (Lipinski definition) is 4. The van der Waals surface area contributed by atoms with Gasteiger partial charge in [-0.05, 0) is 82.2 Å². The number of hydrogen-bond acceptors (Lipinski definition) is 13. The Hall–Kier alpha value is -3.71. The summed E-state index contributed by atoms with van der Waals surface area (Å²) in [5, 5.41) is 18.3. The van der Waals surface area contributed by atoms with Crippen molar-refractivity contribution in [3.63, 3.8) is 0 Å². The SMILES string of the molecule is CCCO[C@H](C[C@H](C(C)C)N(COCC)C(=O)[C@@H](NC(=O)[C@H]1CCCCN1C)[C@@H](C)CC)c1nc(C(=O)N[C@@H](Cc2ccc(OCCOCCOCCN)cc2)C[C@H](C)C(=O)O)cs1. The van der Waals surface area contributed by atoms with Crippen molar-refractivity contribution in [3.8, 4) is 5.75 Å². The Balaban J connectivity index is 1.79. The molecule has 64 heavy (non-hydrogen) atoms. The summed E-state index contributed by atoms with van der Waals surface area (Å²) in [4.78, 5) is 62.9. The number of nitrogens with one attached hydrogen (secondary N) is 2. The first-order chi connectivity index (χ1) is 30.7. The van der Waals surface area contributed by atoms with Crippen LogP contribution < -0.4 is 21.1 Å². The van der Waals surface area contributed by atoms with Gasteiger partial charge < -0.3 is 50.1 Å². The van der Waals surface area contributed by atoms with Crippen LogP contribution in [0.2, 0.25) is 0 Å². The second kappa shape index (κ2) is 29.7. The molecule has 17 heteroatoms. The second-order valence-corrected chi connectivity index (χ2v) is 18.0. The minimum absolute atomic E-state index is 0.0264. The van der Waals surface area contributed by atoms with Crippen molar-refractivity contribution < 1.29 is 48.0 Å². The molecule has 0 unspecified atom stereocenters. The molecule has 7 atom stereocenters. The van der Waals surface area contributed by atoms with Gasteiger partial charge in [0, 0.05) is 43.6 Å². The van der Waals surface area contributed by atoms with Gasteiger partial charge in [0.25, 0.3) is 5.91 Å². The molecule has 0 saturated carbocycles. The summed E-state index contributed by atoms with van der Waals surface area (Å²) < 4.78 is 29.0. The summed E-state index contributed by atoms with van der Waals surface area (Å²) >= 11 is 1.31. The van der Waals surface area contributed by atoms with Gasteiger partial charge in [0.15, 0.2) is 0 Å². The third-order valence-electron chi connectivity index (χ3n) is 11.7. The molecule has 2 heterocycles. The fraction of sp³-hybridized carbons (Fsp3) is 0.723. The van der Waals surface area contributed by atoms with E-state index in [-0.39, 0.29) is 54.6 Å². The topological polar surface area (TPSA) is 204 Å². The summed E-state index contributed by atoms with van der Waals surface area (Å²) in [7, 11) is 1.96. The minimum atomic E-state index is -0.950. The van der Waals surface area contributed by atoms with Crippen LogP contribution in [0.1, 0.15) is 121 Å². The molecule has 3 rings (SSSR count). The number of carboxylic acid groups (broad SMARTS) is 1. The van der Waals surface area contributed by atoms with Crippen molar-refractivity contribution in [2.45, 2.75) is 130 Å². The van der Waals surface area contributed by atoms with Crippen LogP contribution in [0.5, 0.6) is 5.75 Å². The van der Waals surface area contributed by atoms with E-state index in [1.807, 2.05) is 59.0 Å². The maximum Gasteiger partial charge on any atom is 0.306 e. The maximum absolute atomic E-state index is 14.7. The average Bonchev–Trinajstić information content (AvgIpc) is 3.78. The number of nitrogens with zero attached hydrogens (tertiary/aromatic N) is 3. The molecule has 0 aliphatic carbocycles. The Labute approximate surface area is 385 Å². The number of carboxylic acids is 1. The van der Waals surface area contributed by atoms with Gasteiger partial charge in [-0.1, -0.05) is 66.5 Å². The molecule has 362 valence electrons. The maximum atomic E-state index is 14.7. The van der Waals surface area contributed by atoms with E-state index in [2.05, 4.69) is 29.4 Å². The van der Waals surface area contributed by atoms with Crippen molar-refractivity contribution in [2.24, 2.45) is 23.5 Å². The Morgan fingerprint density at radius 1 is 0.938 bits per heavy atom. The van der Waals surface area contributed by atoms with Crippen LogP contribution in [0.4, 0.5) is 0 Å². The number of amides is 3. The third-order valence-corrected chi connectivity index (χ3v) is 12.6. The van der Waals surface area contributed by atoms with Crippen LogP contribution in [0.25, 0.3) is 0 Å². The lowest BCUT2D eigenvalue weighted by Gasteiger charge is -2.40. The quantitative estimate of drug-likeness (QED) is 0.0516. The zero-order valence-electron chi connectivity index (χ0n) is 39.7. The van der Waals surface area contributed by atoms with E-state index in [4.69, 9.17) is 34.4 Å². The number of likely N-dealkylation sites (N-methyl/N-ethyl adjacent to an activating group) is 1.